The number of phenolic OH excluding ortho intramolecular Hbond substituents is 1. The predicted octanol–water partition coefficient (Wildman–Crippen LogP) is 4.64. The van der Waals surface area contributed by atoms with Gasteiger partial charge >= 0.3 is 0 Å². The molecule has 1 atom stereocenters. The molecule has 4 aromatic rings. The number of fused-ring (bicyclic) bond motifs is 2. The molecule has 0 aliphatic carbocycles. The van der Waals surface area contributed by atoms with Crippen LogP contribution in [0.5, 0.6) is 11.5 Å². The molecule has 3 aromatic carbocycles. The van der Waals surface area contributed by atoms with Gasteiger partial charge in [-0.15, -0.1) is 0 Å². The molecular weight excluding hydrogens is 406 g/mol. The number of rotatable bonds is 5. The molecule has 0 bridgehead atoms. The molecule has 160 valence electrons. The first-order chi connectivity index (χ1) is 15.6. The second-order valence-electron chi connectivity index (χ2n) is 7.65. The van der Waals surface area contributed by atoms with E-state index in [0.717, 1.165) is 5.56 Å². The van der Waals surface area contributed by atoms with Gasteiger partial charge in [0.05, 0.1) is 23.6 Å². The summed E-state index contributed by atoms with van der Waals surface area (Å²) in [5.74, 6) is 0.0134. The number of ether oxygens (including phenoxy) is 1. The van der Waals surface area contributed by atoms with Gasteiger partial charge in [0.25, 0.3) is 5.91 Å². The van der Waals surface area contributed by atoms with E-state index >= 15 is 0 Å². The number of carbonyl (C=O) groups is 1. The first-order valence-corrected chi connectivity index (χ1v) is 10.4. The first-order valence-electron chi connectivity index (χ1n) is 10.4. The largest absolute Gasteiger partial charge is 0.504 e. The van der Waals surface area contributed by atoms with Crippen molar-refractivity contribution in [1.29, 1.82) is 0 Å². The van der Waals surface area contributed by atoms with Gasteiger partial charge in [-0.05, 0) is 42.3 Å². The zero-order valence-corrected chi connectivity index (χ0v) is 17.4. The Hall–Kier alpha value is -4.06. The van der Waals surface area contributed by atoms with Gasteiger partial charge in [0.15, 0.2) is 16.9 Å². The number of carbonyl (C=O) groups excluding carboxylic acids is 1. The van der Waals surface area contributed by atoms with Gasteiger partial charge in [-0.2, -0.15) is 0 Å². The Kier molecular flexibility index (Phi) is 4.90. The summed E-state index contributed by atoms with van der Waals surface area (Å²) in [6.07, 6.45) is 0. The SMILES string of the molecule is CCOc1cc([C@@H]2c3c(oc4ccccc4c3=O)C(=O)N2Cc2ccccc2)ccc1O. The van der Waals surface area contributed by atoms with Crippen LogP contribution in [0, 0.1) is 0 Å². The lowest BCUT2D eigenvalue weighted by molar-refractivity contribution is 0.0714. The van der Waals surface area contributed by atoms with E-state index in [-0.39, 0.29) is 22.8 Å². The minimum atomic E-state index is -0.668. The summed E-state index contributed by atoms with van der Waals surface area (Å²) in [6, 6.07) is 20.8. The number of amides is 1. The van der Waals surface area contributed by atoms with Crippen LogP contribution in [0.1, 0.15) is 40.2 Å². The summed E-state index contributed by atoms with van der Waals surface area (Å²) in [4.78, 5) is 28.6. The maximum Gasteiger partial charge on any atom is 0.291 e. The highest BCUT2D eigenvalue weighted by atomic mass is 16.5. The molecule has 1 aromatic heterocycles. The van der Waals surface area contributed by atoms with Crippen molar-refractivity contribution in [2.24, 2.45) is 0 Å². The highest BCUT2D eigenvalue weighted by Crippen LogP contribution is 2.41. The van der Waals surface area contributed by atoms with E-state index in [1.807, 2.05) is 37.3 Å². The quantitative estimate of drug-likeness (QED) is 0.502. The second-order valence-corrected chi connectivity index (χ2v) is 7.65. The average molecular weight is 427 g/mol. The molecule has 6 nitrogen and oxygen atoms in total. The lowest BCUT2D eigenvalue weighted by Gasteiger charge is -2.25. The maximum absolute atomic E-state index is 13.5. The van der Waals surface area contributed by atoms with Gasteiger partial charge in [0.1, 0.15) is 5.58 Å². The van der Waals surface area contributed by atoms with Gasteiger partial charge in [-0.1, -0.05) is 48.5 Å². The van der Waals surface area contributed by atoms with E-state index in [4.69, 9.17) is 9.15 Å². The van der Waals surface area contributed by atoms with E-state index in [1.54, 1.807) is 41.3 Å². The summed E-state index contributed by atoms with van der Waals surface area (Å²) >= 11 is 0. The number of nitrogens with zero attached hydrogens (tertiary/aromatic N) is 1. The Morgan fingerprint density at radius 2 is 1.75 bits per heavy atom. The van der Waals surface area contributed by atoms with Crippen molar-refractivity contribution in [3.05, 3.63) is 105 Å². The third kappa shape index (κ3) is 3.21. The molecule has 0 spiro atoms. The van der Waals surface area contributed by atoms with E-state index in [2.05, 4.69) is 0 Å². The molecule has 0 fully saturated rings. The topological polar surface area (TPSA) is 80.0 Å². The van der Waals surface area contributed by atoms with Crippen molar-refractivity contribution in [2.75, 3.05) is 6.61 Å². The number of hydrogen-bond donors (Lipinski definition) is 1. The average Bonchev–Trinajstić information content (AvgIpc) is 3.08. The number of para-hydroxylation sites is 1. The van der Waals surface area contributed by atoms with Crippen LogP contribution in [0.25, 0.3) is 11.0 Å². The van der Waals surface area contributed by atoms with E-state index in [0.29, 0.717) is 41.0 Å². The fraction of sp³-hybridized carbons (Fsp3) is 0.154. The molecule has 0 unspecified atom stereocenters. The van der Waals surface area contributed by atoms with Gasteiger partial charge in [-0.3, -0.25) is 9.59 Å². The van der Waals surface area contributed by atoms with Crippen LogP contribution < -0.4 is 10.2 Å². The minimum absolute atomic E-state index is 0.000280. The summed E-state index contributed by atoms with van der Waals surface area (Å²) < 4.78 is 11.5. The third-order valence-electron chi connectivity index (χ3n) is 5.67. The van der Waals surface area contributed by atoms with Crippen molar-refractivity contribution in [1.82, 2.24) is 4.90 Å². The molecule has 0 saturated carbocycles. The number of hydrogen-bond acceptors (Lipinski definition) is 5. The lowest BCUT2D eigenvalue weighted by Crippen LogP contribution is -2.29. The molecule has 6 heteroatoms. The molecule has 32 heavy (non-hydrogen) atoms. The van der Waals surface area contributed by atoms with Gasteiger partial charge in [0.2, 0.25) is 5.76 Å². The molecule has 1 amide bonds. The monoisotopic (exact) mass is 427 g/mol. The van der Waals surface area contributed by atoms with E-state index in [9.17, 15) is 14.7 Å². The highest BCUT2D eigenvalue weighted by molar-refractivity contribution is 5.99. The van der Waals surface area contributed by atoms with Crippen LogP contribution in [-0.4, -0.2) is 22.5 Å². The summed E-state index contributed by atoms with van der Waals surface area (Å²) in [7, 11) is 0. The Bertz CT molecular complexity index is 1380. The van der Waals surface area contributed by atoms with Crippen LogP contribution >= 0.6 is 0 Å². The Balaban J connectivity index is 1.72. The summed E-state index contributed by atoms with van der Waals surface area (Å²) in [6.45, 7) is 2.50. The first kappa shape index (κ1) is 19.9. The van der Waals surface area contributed by atoms with Gasteiger partial charge in [0, 0.05) is 6.54 Å². The Morgan fingerprint density at radius 3 is 2.53 bits per heavy atom. The normalized spacial score (nSPS) is 15.2. The van der Waals surface area contributed by atoms with Crippen LogP contribution in [-0.2, 0) is 6.54 Å². The summed E-state index contributed by atoms with van der Waals surface area (Å²) in [5.41, 5.74) is 2.04. The van der Waals surface area contributed by atoms with Crippen LogP contribution in [0.2, 0.25) is 0 Å². The smallest absolute Gasteiger partial charge is 0.291 e. The fourth-order valence-electron chi connectivity index (χ4n) is 4.23. The molecule has 0 saturated heterocycles. The molecule has 5 rings (SSSR count). The summed E-state index contributed by atoms with van der Waals surface area (Å²) in [5, 5.41) is 10.6. The van der Waals surface area contributed by atoms with Crippen molar-refractivity contribution in [3.63, 3.8) is 0 Å². The van der Waals surface area contributed by atoms with Crippen molar-refractivity contribution in [3.8, 4) is 11.5 Å². The molecule has 2 heterocycles. The standard InChI is InChI=1S/C26H21NO5/c1-2-31-21-14-17(12-13-19(21)28)23-22-24(29)18-10-6-7-11-20(18)32-25(22)26(30)27(23)15-16-8-4-3-5-9-16/h3-14,23,28H,2,15H2,1H3/t23-/m1/s1. The van der Waals surface area contributed by atoms with Crippen molar-refractivity contribution >= 4 is 16.9 Å². The molecule has 1 aliphatic rings. The number of aromatic hydroxyl groups is 1. The minimum Gasteiger partial charge on any atom is -0.504 e. The molecule has 1 aliphatic heterocycles. The molecular formula is C26H21NO5. The maximum atomic E-state index is 13.5. The van der Waals surface area contributed by atoms with Gasteiger partial charge in [-0.25, -0.2) is 0 Å². The van der Waals surface area contributed by atoms with Crippen LogP contribution in [0.3, 0.4) is 0 Å². The number of phenols is 1. The lowest BCUT2D eigenvalue weighted by atomic mass is 9.98. The van der Waals surface area contributed by atoms with E-state index in [1.165, 1.54) is 6.07 Å². The van der Waals surface area contributed by atoms with Crippen molar-refractivity contribution < 1.29 is 19.1 Å². The zero-order valence-electron chi connectivity index (χ0n) is 17.4. The van der Waals surface area contributed by atoms with E-state index < -0.39 is 6.04 Å². The second kappa shape index (κ2) is 7.89. The van der Waals surface area contributed by atoms with Crippen LogP contribution in [0.4, 0.5) is 0 Å². The fourth-order valence-corrected chi connectivity index (χ4v) is 4.23. The molecule has 0 radical (unpaired) electrons. The Morgan fingerprint density at radius 1 is 1.00 bits per heavy atom. The highest BCUT2D eigenvalue weighted by Gasteiger charge is 2.42. The Labute approximate surface area is 184 Å². The van der Waals surface area contributed by atoms with Crippen molar-refractivity contribution in [2.45, 2.75) is 19.5 Å². The third-order valence-corrected chi connectivity index (χ3v) is 5.67. The predicted molar refractivity (Wildman–Crippen MR) is 120 cm³/mol. The van der Waals surface area contributed by atoms with Crippen LogP contribution in [0.15, 0.2) is 82.0 Å². The van der Waals surface area contributed by atoms with Gasteiger partial charge < -0.3 is 19.2 Å². The molecule has 1 N–H and O–H groups in total. The zero-order chi connectivity index (χ0) is 22.2. The number of benzene rings is 3.